The molecule has 0 aliphatic heterocycles. The smallest absolute Gasteiger partial charge is 0.126 e. The molecule has 0 heterocycles. The lowest BCUT2D eigenvalue weighted by Crippen LogP contribution is -2.14. The SMILES string of the molecule is COc1ccc(Br)c(CC(O)Cc2cc(F)cc(F)c2)c1. The molecule has 0 saturated carbocycles. The van der Waals surface area contributed by atoms with Crippen LogP contribution in [-0.2, 0) is 12.8 Å². The fraction of sp³-hybridized carbons (Fsp3) is 0.250. The predicted octanol–water partition coefficient (Wildman–Crippen LogP) is 3.88. The second kappa shape index (κ2) is 7.00. The van der Waals surface area contributed by atoms with Crippen LogP contribution in [0.5, 0.6) is 5.75 Å². The molecule has 0 fully saturated rings. The quantitative estimate of drug-likeness (QED) is 0.880. The molecule has 0 radical (unpaired) electrons. The minimum absolute atomic E-state index is 0.179. The molecule has 0 spiro atoms. The Labute approximate surface area is 130 Å². The third-order valence-corrected chi connectivity index (χ3v) is 3.88. The summed E-state index contributed by atoms with van der Waals surface area (Å²) in [5.41, 5.74) is 1.30. The lowest BCUT2D eigenvalue weighted by molar-refractivity contribution is 0.175. The number of benzene rings is 2. The van der Waals surface area contributed by atoms with Crippen LogP contribution in [0, 0.1) is 11.6 Å². The molecule has 2 aromatic carbocycles. The Morgan fingerprint density at radius 2 is 1.76 bits per heavy atom. The van der Waals surface area contributed by atoms with E-state index >= 15 is 0 Å². The van der Waals surface area contributed by atoms with E-state index in [1.54, 1.807) is 7.11 Å². The Hall–Kier alpha value is -1.46. The standard InChI is InChI=1S/C16H15BrF2O2/c1-21-15-2-3-16(17)11(8-15)7-14(20)6-10-4-12(18)9-13(19)5-10/h2-5,8-9,14,20H,6-7H2,1H3. The van der Waals surface area contributed by atoms with Crippen molar-refractivity contribution in [3.8, 4) is 5.75 Å². The van der Waals surface area contributed by atoms with Gasteiger partial charge in [-0.15, -0.1) is 0 Å². The second-order valence-electron chi connectivity index (χ2n) is 4.80. The van der Waals surface area contributed by atoms with Crippen molar-refractivity contribution in [1.82, 2.24) is 0 Å². The lowest BCUT2D eigenvalue weighted by atomic mass is 10.0. The van der Waals surface area contributed by atoms with Gasteiger partial charge in [0.2, 0.25) is 0 Å². The van der Waals surface area contributed by atoms with Crippen molar-refractivity contribution in [1.29, 1.82) is 0 Å². The summed E-state index contributed by atoms with van der Waals surface area (Å²) in [6.45, 7) is 0. The van der Waals surface area contributed by atoms with Crippen LogP contribution in [0.25, 0.3) is 0 Å². The monoisotopic (exact) mass is 356 g/mol. The highest BCUT2D eigenvalue weighted by molar-refractivity contribution is 9.10. The van der Waals surface area contributed by atoms with Crippen molar-refractivity contribution in [2.24, 2.45) is 0 Å². The number of aliphatic hydroxyl groups excluding tert-OH is 1. The van der Waals surface area contributed by atoms with Gasteiger partial charge in [-0.2, -0.15) is 0 Å². The molecule has 0 amide bonds. The van der Waals surface area contributed by atoms with Crippen LogP contribution in [0.15, 0.2) is 40.9 Å². The number of aliphatic hydroxyl groups is 1. The molecule has 1 unspecified atom stereocenters. The Morgan fingerprint density at radius 3 is 2.38 bits per heavy atom. The van der Waals surface area contributed by atoms with E-state index < -0.39 is 17.7 Å². The molecular weight excluding hydrogens is 342 g/mol. The van der Waals surface area contributed by atoms with Gasteiger partial charge in [-0.1, -0.05) is 15.9 Å². The van der Waals surface area contributed by atoms with E-state index in [4.69, 9.17) is 4.74 Å². The van der Waals surface area contributed by atoms with Crippen LogP contribution in [0.1, 0.15) is 11.1 Å². The molecule has 0 bridgehead atoms. The zero-order valence-corrected chi connectivity index (χ0v) is 13.0. The maximum atomic E-state index is 13.1. The Morgan fingerprint density at radius 1 is 1.10 bits per heavy atom. The maximum absolute atomic E-state index is 13.1. The summed E-state index contributed by atoms with van der Waals surface area (Å²) >= 11 is 3.41. The van der Waals surface area contributed by atoms with Crippen molar-refractivity contribution in [3.63, 3.8) is 0 Å². The summed E-state index contributed by atoms with van der Waals surface area (Å²) < 4.78 is 32.2. The van der Waals surface area contributed by atoms with Crippen LogP contribution in [0.3, 0.4) is 0 Å². The van der Waals surface area contributed by atoms with Crippen LogP contribution in [0.2, 0.25) is 0 Å². The third kappa shape index (κ3) is 4.51. The van der Waals surface area contributed by atoms with E-state index in [-0.39, 0.29) is 6.42 Å². The first-order chi connectivity index (χ1) is 9.97. The first-order valence-electron chi connectivity index (χ1n) is 6.43. The molecule has 2 aromatic rings. The molecule has 0 saturated heterocycles. The van der Waals surface area contributed by atoms with Gasteiger partial charge in [0.05, 0.1) is 13.2 Å². The van der Waals surface area contributed by atoms with E-state index in [1.807, 2.05) is 18.2 Å². The van der Waals surface area contributed by atoms with Gasteiger partial charge >= 0.3 is 0 Å². The number of rotatable bonds is 5. The van der Waals surface area contributed by atoms with Gasteiger partial charge in [-0.3, -0.25) is 0 Å². The minimum Gasteiger partial charge on any atom is -0.497 e. The number of ether oxygens (including phenoxy) is 1. The Balaban J connectivity index is 2.09. The molecular formula is C16H15BrF2O2. The minimum atomic E-state index is -0.741. The van der Waals surface area contributed by atoms with Gasteiger partial charge in [-0.25, -0.2) is 8.78 Å². The molecule has 0 aliphatic carbocycles. The van der Waals surface area contributed by atoms with Gasteiger partial charge in [0.25, 0.3) is 0 Å². The van der Waals surface area contributed by atoms with Crippen molar-refractivity contribution < 1.29 is 18.6 Å². The van der Waals surface area contributed by atoms with Crippen molar-refractivity contribution >= 4 is 15.9 Å². The highest BCUT2D eigenvalue weighted by Crippen LogP contribution is 2.24. The van der Waals surface area contributed by atoms with Crippen LogP contribution < -0.4 is 4.74 Å². The molecule has 2 nitrogen and oxygen atoms in total. The Bertz CT molecular complexity index is 611. The highest BCUT2D eigenvalue weighted by Gasteiger charge is 2.12. The number of hydrogen-bond acceptors (Lipinski definition) is 2. The maximum Gasteiger partial charge on any atom is 0.126 e. The summed E-state index contributed by atoms with van der Waals surface area (Å²) in [7, 11) is 1.57. The first kappa shape index (κ1) is 15.9. The van der Waals surface area contributed by atoms with Gasteiger partial charge in [0.1, 0.15) is 17.4 Å². The van der Waals surface area contributed by atoms with Crippen LogP contribution in [-0.4, -0.2) is 18.3 Å². The normalized spacial score (nSPS) is 12.2. The van der Waals surface area contributed by atoms with Crippen LogP contribution >= 0.6 is 15.9 Å². The third-order valence-electron chi connectivity index (χ3n) is 3.10. The summed E-state index contributed by atoms with van der Waals surface area (Å²) in [6.07, 6.45) is -0.205. The zero-order chi connectivity index (χ0) is 15.4. The van der Waals surface area contributed by atoms with Gasteiger partial charge in [0, 0.05) is 10.5 Å². The van der Waals surface area contributed by atoms with E-state index in [9.17, 15) is 13.9 Å². The zero-order valence-electron chi connectivity index (χ0n) is 11.4. The summed E-state index contributed by atoms with van der Waals surface area (Å²) in [5, 5.41) is 10.1. The molecule has 5 heteroatoms. The van der Waals surface area contributed by atoms with Gasteiger partial charge in [-0.05, 0) is 54.3 Å². The summed E-state index contributed by atoms with van der Waals surface area (Å²) in [4.78, 5) is 0. The fourth-order valence-corrected chi connectivity index (χ4v) is 2.57. The lowest BCUT2D eigenvalue weighted by Gasteiger charge is -2.13. The van der Waals surface area contributed by atoms with Crippen molar-refractivity contribution in [3.05, 3.63) is 63.6 Å². The average molecular weight is 357 g/mol. The molecule has 112 valence electrons. The molecule has 0 aromatic heterocycles. The van der Waals surface area contributed by atoms with Crippen LogP contribution in [0.4, 0.5) is 8.78 Å². The van der Waals surface area contributed by atoms with Crippen molar-refractivity contribution in [2.75, 3.05) is 7.11 Å². The topological polar surface area (TPSA) is 29.5 Å². The predicted molar refractivity (Wildman–Crippen MR) is 80.5 cm³/mol. The first-order valence-corrected chi connectivity index (χ1v) is 7.22. The van der Waals surface area contributed by atoms with E-state index in [2.05, 4.69) is 15.9 Å². The van der Waals surface area contributed by atoms with Crippen molar-refractivity contribution in [2.45, 2.75) is 18.9 Å². The largest absolute Gasteiger partial charge is 0.497 e. The number of halogens is 3. The molecule has 1 N–H and O–H groups in total. The van der Waals surface area contributed by atoms with E-state index in [0.717, 1.165) is 16.1 Å². The highest BCUT2D eigenvalue weighted by atomic mass is 79.9. The molecule has 21 heavy (non-hydrogen) atoms. The van der Waals surface area contributed by atoms with E-state index in [1.165, 1.54) is 12.1 Å². The molecule has 2 rings (SSSR count). The van der Waals surface area contributed by atoms with Gasteiger partial charge in [0.15, 0.2) is 0 Å². The second-order valence-corrected chi connectivity index (χ2v) is 5.65. The fourth-order valence-electron chi connectivity index (χ4n) is 2.16. The summed E-state index contributed by atoms with van der Waals surface area (Å²) in [5.74, 6) is -0.586. The number of hydrogen-bond donors (Lipinski definition) is 1. The summed E-state index contributed by atoms with van der Waals surface area (Å²) in [6, 6.07) is 8.73. The average Bonchev–Trinajstić information content (AvgIpc) is 2.40. The van der Waals surface area contributed by atoms with Gasteiger partial charge < -0.3 is 9.84 Å². The molecule has 1 atom stereocenters. The van der Waals surface area contributed by atoms with E-state index in [0.29, 0.717) is 17.7 Å². The Kier molecular flexibility index (Phi) is 5.31. The molecule has 0 aliphatic rings. The number of methoxy groups -OCH3 is 1.